The molecule has 0 aromatic carbocycles. The van der Waals surface area contributed by atoms with Gasteiger partial charge in [0.2, 0.25) is 0 Å². The number of carboxylic acids is 1. The number of aliphatic carboxylic acids is 1. The molecule has 2 aliphatic rings. The highest BCUT2D eigenvalue weighted by Crippen LogP contribution is 2.10. The molecule has 2 unspecified atom stereocenters. The molecule has 0 radical (unpaired) electrons. The van der Waals surface area contributed by atoms with Crippen molar-refractivity contribution in [1.82, 2.24) is 15.1 Å². The highest BCUT2D eigenvalue weighted by Gasteiger charge is 2.33. The number of piperidine rings is 1. The standard InChI is InChI=1S/C14H25N3O4/c1-11(9-16-5-3-2-4-6-16)15-14(20)17-7-8-21-10-12(17)13(18)19/h11-12H,2-10H2,1H3,(H,15,20)(H,18,19). The zero-order valence-electron chi connectivity index (χ0n) is 12.6. The zero-order chi connectivity index (χ0) is 15.2. The van der Waals surface area contributed by atoms with Gasteiger partial charge in [0.1, 0.15) is 0 Å². The fourth-order valence-corrected chi connectivity index (χ4v) is 2.92. The molecule has 0 aromatic rings. The van der Waals surface area contributed by atoms with Crippen molar-refractivity contribution in [3.8, 4) is 0 Å². The summed E-state index contributed by atoms with van der Waals surface area (Å²) in [7, 11) is 0. The fraction of sp³-hybridized carbons (Fsp3) is 0.857. The van der Waals surface area contributed by atoms with Gasteiger partial charge in [0, 0.05) is 19.1 Å². The molecule has 0 saturated carbocycles. The lowest BCUT2D eigenvalue weighted by Crippen LogP contribution is -2.57. The van der Waals surface area contributed by atoms with E-state index in [1.165, 1.54) is 24.2 Å². The molecule has 2 rings (SSSR count). The number of carboxylic acid groups (broad SMARTS) is 1. The van der Waals surface area contributed by atoms with Crippen LogP contribution in [0.2, 0.25) is 0 Å². The predicted octanol–water partition coefficient (Wildman–Crippen LogP) is 0.356. The van der Waals surface area contributed by atoms with Crippen LogP contribution in [0.3, 0.4) is 0 Å². The maximum atomic E-state index is 12.2. The second kappa shape index (κ2) is 7.61. The van der Waals surface area contributed by atoms with Crippen LogP contribution in [0.1, 0.15) is 26.2 Å². The van der Waals surface area contributed by atoms with Gasteiger partial charge in [0.05, 0.1) is 13.2 Å². The lowest BCUT2D eigenvalue weighted by Gasteiger charge is -2.35. The maximum absolute atomic E-state index is 12.2. The summed E-state index contributed by atoms with van der Waals surface area (Å²) in [5.74, 6) is -1.02. The van der Waals surface area contributed by atoms with Crippen LogP contribution in [-0.4, -0.2) is 78.4 Å². The summed E-state index contributed by atoms with van der Waals surface area (Å²) < 4.78 is 5.14. The number of rotatable bonds is 4. The quantitative estimate of drug-likeness (QED) is 0.783. The minimum atomic E-state index is -1.02. The van der Waals surface area contributed by atoms with Gasteiger partial charge in [-0.2, -0.15) is 0 Å². The molecule has 2 saturated heterocycles. The van der Waals surface area contributed by atoms with Gasteiger partial charge in [-0.1, -0.05) is 6.42 Å². The molecule has 2 heterocycles. The van der Waals surface area contributed by atoms with E-state index in [9.17, 15) is 9.59 Å². The SMILES string of the molecule is CC(CN1CCCCC1)NC(=O)N1CCOCC1C(=O)O. The van der Waals surface area contributed by atoms with Crippen LogP contribution in [0.25, 0.3) is 0 Å². The van der Waals surface area contributed by atoms with E-state index in [1.54, 1.807) is 0 Å². The first-order valence-corrected chi connectivity index (χ1v) is 7.68. The maximum Gasteiger partial charge on any atom is 0.328 e. The van der Waals surface area contributed by atoms with Crippen LogP contribution in [-0.2, 0) is 9.53 Å². The molecule has 2 aliphatic heterocycles. The van der Waals surface area contributed by atoms with E-state index in [0.717, 1.165) is 19.6 Å². The van der Waals surface area contributed by atoms with E-state index in [4.69, 9.17) is 9.84 Å². The number of urea groups is 1. The molecule has 2 atom stereocenters. The van der Waals surface area contributed by atoms with Crippen LogP contribution < -0.4 is 5.32 Å². The third-order valence-electron chi connectivity index (χ3n) is 4.03. The van der Waals surface area contributed by atoms with E-state index in [-0.39, 0.29) is 18.7 Å². The summed E-state index contributed by atoms with van der Waals surface area (Å²) in [6.45, 7) is 5.70. The Morgan fingerprint density at radius 1 is 1.29 bits per heavy atom. The van der Waals surface area contributed by atoms with Crippen molar-refractivity contribution in [1.29, 1.82) is 0 Å². The zero-order valence-corrected chi connectivity index (χ0v) is 12.6. The molecule has 120 valence electrons. The highest BCUT2D eigenvalue weighted by molar-refractivity contribution is 5.83. The normalized spacial score (nSPS) is 25.4. The van der Waals surface area contributed by atoms with Crippen molar-refractivity contribution in [2.75, 3.05) is 39.4 Å². The molecule has 21 heavy (non-hydrogen) atoms. The number of morpholine rings is 1. The lowest BCUT2D eigenvalue weighted by atomic mass is 10.1. The monoisotopic (exact) mass is 299 g/mol. The minimum Gasteiger partial charge on any atom is -0.480 e. The Morgan fingerprint density at radius 2 is 2.00 bits per heavy atom. The largest absolute Gasteiger partial charge is 0.480 e. The van der Waals surface area contributed by atoms with Crippen molar-refractivity contribution >= 4 is 12.0 Å². The third kappa shape index (κ3) is 4.57. The third-order valence-corrected chi connectivity index (χ3v) is 4.03. The van der Waals surface area contributed by atoms with Crippen molar-refractivity contribution in [2.24, 2.45) is 0 Å². The van der Waals surface area contributed by atoms with Crippen LogP contribution in [0.5, 0.6) is 0 Å². The molecule has 0 aromatic heterocycles. The number of nitrogens with zero attached hydrogens (tertiary/aromatic N) is 2. The molecule has 7 heteroatoms. The van der Waals surface area contributed by atoms with Gasteiger partial charge >= 0.3 is 12.0 Å². The summed E-state index contributed by atoms with van der Waals surface area (Å²) in [5, 5.41) is 12.1. The molecular formula is C14H25N3O4. The molecule has 0 bridgehead atoms. The summed E-state index contributed by atoms with van der Waals surface area (Å²) >= 11 is 0. The summed E-state index contributed by atoms with van der Waals surface area (Å²) in [6, 6.07) is -1.19. The van der Waals surface area contributed by atoms with Gasteiger partial charge < -0.3 is 25.0 Å². The van der Waals surface area contributed by atoms with Gasteiger partial charge in [0.25, 0.3) is 0 Å². The Kier molecular flexibility index (Phi) is 5.81. The minimum absolute atomic E-state index is 0.00731. The van der Waals surface area contributed by atoms with E-state index < -0.39 is 12.0 Å². The lowest BCUT2D eigenvalue weighted by molar-refractivity contribution is -0.147. The predicted molar refractivity (Wildman–Crippen MR) is 77.2 cm³/mol. The van der Waals surface area contributed by atoms with Gasteiger partial charge in [-0.25, -0.2) is 9.59 Å². The first kappa shape index (κ1) is 16.0. The molecule has 2 N–H and O–H groups in total. The Hall–Kier alpha value is -1.34. The number of ether oxygens (including phenoxy) is 1. The molecule has 2 amide bonds. The van der Waals surface area contributed by atoms with Gasteiger partial charge in [-0.3, -0.25) is 0 Å². The topological polar surface area (TPSA) is 82.1 Å². The molecular weight excluding hydrogens is 274 g/mol. The van der Waals surface area contributed by atoms with Gasteiger partial charge in [0.15, 0.2) is 6.04 Å². The van der Waals surface area contributed by atoms with Crippen LogP contribution in [0.15, 0.2) is 0 Å². The Labute approximate surface area is 125 Å². The average molecular weight is 299 g/mol. The van der Waals surface area contributed by atoms with E-state index in [0.29, 0.717) is 13.2 Å². The summed E-state index contributed by atoms with van der Waals surface area (Å²) in [5.41, 5.74) is 0. The second-order valence-electron chi connectivity index (χ2n) is 5.83. The highest BCUT2D eigenvalue weighted by atomic mass is 16.5. The number of hydrogen-bond acceptors (Lipinski definition) is 4. The number of carbonyl (C=O) groups excluding carboxylic acids is 1. The first-order chi connectivity index (χ1) is 10.1. The Morgan fingerprint density at radius 3 is 2.67 bits per heavy atom. The first-order valence-electron chi connectivity index (χ1n) is 7.68. The van der Waals surface area contributed by atoms with Gasteiger partial charge in [-0.05, 0) is 32.9 Å². The summed E-state index contributed by atoms with van der Waals surface area (Å²) in [4.78, 5) is 27.1. The van der Waals surface area contributed by atoms with E-state index in [2.05, 4.69) is 10.2 Å². The van der Waals surface area contributed by atoms with Crippen LogP contribution in [0, 0.1) is 0 Å². The summed E-state index contributed by atoms with van der Waals surface area (Å²) in [6.07, 6.45) is 3.71. The molecule has 0 spiro atoms. The van der Waals surface area contributed by atoms with E-state index in [1.807, 2.05) is 6.92 Å². The van der Waals surface area contributed by atoms with Crippen LogP contribution in [0.4, 0.5) is 4.79 Å². The Bertz CT molecular complexity index is 371. The van der Waals surface area contributed by atoms with Crippen molar-refractivity contribution < 1.29 is 19.4 Å². The number of likely N-dealkylation sites (tertiary alicyclic amines) is 1. The Balaban J connectivity index is 1.82. The van der Waals surface area contributed by atoms with Crippen molar-refractivity contribution in [3.05, 3.63) is 0 Å². The molecule has 7 nitrogen and oxygen atoms in total. The van der Waals surface area contributed by atoms with E-state index >= 15 is 0 Å². The smallest absolute Gasteiger partial charge is 0.328 e. The van der Waals surface area contributed by atoms with Crippen LogP contribution >= 0.6 is 0 Å². The van der Waals surface area contributed by atoms with Crippen molar-refractivity contribution in [2.45, 2.75) is 38.3 Å². The second-order valence-corrected chi connectivity index (χ2v) is 5.83. The number of carbonyl (C=O) groups is 2. The van der Waals surface area contributed by atoms with Gasteiger partial charge in [-0.15, -0.1) is 0 Å². The van der Waals surface area contributed by atoms with Crippen molar-refractivity contribution in [3.63, 3.8) is 0 Å². The fourth-order valence-electron chi connectivity index (χ4n) is 2.92. The number of nitrogens with one attached hydrogen (secondary N) is 1. The number of hydrogen-bond donors (Lipinski definition) is 2. The molecule has 0 aliphatic carbocycles. The molecule has 2 fully saturated rings. The average Bonchev–Trinajstić information content (AvgIpc) is 2.48. The number of amides is 2.